The maximum absolute atomic E-state index is 13.4. The van der Waals surface area contributed by atoms with Crippen LogP contribution < -0.4 is 10.2 Å². The van der Waals surface area contributed by atoms with E-state index in [-0.39, 0.29) is 11.6 Å². The van der Waals surface area contributed by atoms with E-state index in [4.69, 9.17) is 0 Å². The van der Waals surface area contributed by atoms with Crippen LogP contribution in [-0.2, 0) is 19.4 Å². The van der Waals surface area contributed by atoms with Gasteiger partial charge in [0.25, 0.3) is 5.91 Å². The lowest BCUT2D eigenvalue weighted by Crippen LogP contribution is -2.41. The SMILES string of the molecule is O=C(NCc1ccc2c(c1)CCN(C1CCC1)CC2)c1cnc(N2CC[C@@H](F)C2)cn1. The van der Waals surface area contributed by atoms with Crippen LogP contribution in [-0.4, -0.2) is 59.2 Å². The summed E-state index contributed by atoms with van der Waals surface area (Å²) in [7, 11) is 0. The normalized spacial score (nSPS) is 22.0. The Morgan fingerprint density at radius 1 is 1.06 bits per heavy atom. The van der Waals surface area contributed by atoms with Gasteiger partial charge in [0, 0.05) is 32.2 Å². The number of carbonyl (C=O) groups is 1. The number of rotatable bonds is 5. The number of fused-ring (bicyclic) bond motifs is 1. The first-order valence-electron chi connectivity index (χ1n) is 11.5. The molecule has 2 aliphatic heterocycles. The Kier molecular flexibility index (Phi) is 5.85. The molecule has 1 saturated carbocycles. The van der Waals surface area contributed by atoms with E-state index in [0.717, 1.165) is 37.5 Å². The van der Waals surface area contributed by atoms with Gasteiger partial charge in [-0.3, -0.25) is 9.69 Å². The molecule has 7 heteroatoms. The molecule has 1 aliphatic carbocycles. The van der Waals surface area contributed by atoms with Crippen molar-refractivity contribution in [2.24, 2.45) is 0 Å². The van der Waals surface area contributed by atoms with Crippen LogP contribution in [0.1, 0.15) is 52.9 Å². The van der Waals surface area contributed by atoms with E-state index < -0.39 is 6.17 Å². The average molecular weight is 424 g/mol. The first kappa shape index (κ1) is 20.4. The molecule has 1 aromatic carbocycles. The molecule has 1 amide bonds. The summed E-state index contributed by atoms with van der Waals surface area (Å²) in [5, 5.41) is 2.95. The van der Waals surface area contributed by atoms with Gasteiger partial charge in [-0.1, -0.05) is 24.6 Å². The van der Waals surface area contributed by atoms with Crippen molar-refractivity contribution in [2.75, 3.05) is 31.1 Å². The van der Waals surface area contributed by atoms with Crippen LogP contribution in [0.25, 0.3) is 0 Å². The molecule has 1 N–H and O–H groups in total. The molecule has 0 radical (unpaired) electrons. The maximum atomic E-state index is 13.4. The van der Waals surface area contributed by atoms with Gasteiger partial charge in [-0.25, -0.2) is 14.4 Å². The van der Waals surface area contributed by atoms with Gasteiger partial charge >= 0.3 is 0 Å². The number of hydrogen-bond donors (Lipinski definition) is 1. The van der Waals surface area contributed by atoms with Crippen molar-refractivity contribution in [1.29, 1.82) is 0 Å². The summed E-state index contributed by atoms with van der Waals surface area (Å²) >= 11 is 0. The zero-order valence-corrected chi connectivity index (χ0v) is 17.9. The molecule has 3 heterocycles. The maximum Gasteiger partial charge on any atom is 0.271 e. The minimum Gasteiger partial charge on any atom is -0.352 e. The van der Waals surface area contributed by atoms with Crippen LogP contribution in [0.5, 0.6) is 0 Å². The molecule has 1 atom stereocenters. The summed E-state index contributed by atoms with van der Waals surface area (Å²) in [6.07, 6.45) is 9.01. The van der Waals surface area contributed by atoms with E-state index in [0.29, 0.717) is 31.9 Å². The topological polar surface area (TPSA) is 61.4 Å². The zero-order chi connectivity index (χ0) is 21.2. The molecule has 6 nitrogen and oxygen atoms in total. The number of amides is 1. The third-order valence-electron chi connectivity index (χ3n) is 6.98. The van der Waals surface area contributed by atoms with Crippen molar-refractivity contribution in [2.45, 2.75) is 57.3 Å². The largest absolute Gasteiger partial charge is 0.352 e. The first-order chi connectivity index (χ1) is 15.2. The number of nitrogens with one attached hydrogen (secondary N) is 1. The summed E-state index contributed by atoms with van der Waals surface area (Å²) in [5.41, 5.74) is 4.25. The van der Waals surface area contributed by atoms with Gasteiger partial charge in [0.15, 0.2) is 0 Å². The number of hydrogen-bond acceptors (Lipinski definition) is 5. The number of nitrogens with zero attached hydrogens (tertiary/aromatic N) is 4. The van der Waals surface area contributed by atoms with Crippen LogP contribution >= 0.6 is 0 Å². The van der Waals surface area contributed by atoms with Gasteiger partial charge < -0.3 is 10.2 Å². The quantitative estimate of drug-likeness (QED) is 0.801. The van der Waals surface area contributed by atoms with Crippen molar-refractivity contribution in [3.63, 3.8) is 0 Å². The lowest BCUT2D eigenvalue weighted by molar-refractivity contribution is 0.0945. The minimum atomic E-state index is -0.813. The van der Waals surface area contributed by atoms with Crippen LogP contribution in [0, 0.1) is 0 Å². The minimum absolute atomic E-state index is 0.241. The molecule has 31 heavy (non-hydrogen) atoms. The van der Waals surface area contributed by atoms with Gasteiger partial charge in [0.2, 0.25) is 0 Å². The summed E-state index contributed by atoms with van der Waals surface area (Å²) in [5.74, 6) is 0.383. The smallest absolute Gasteiger partial charge is 0.271 e. The van der Waals surface area contributed by atoms with Crippen molar-refractivity contribution < 1.29 is 9.18 Å². The van der Waals surface area contributed by atoms with E-state index in [2.05, 4.69) is 38.4 Å². The Balaban J connectivity index is 1.17. The Hall–Kier alpha value is -2.54. The third kappa shape index (κ3) is 4.56. The number of carbonyl (C=O) groups excluding carboxylic acids is 1. The highest BCUT2D eigenvalue weighted by Gasteiger charge is 2.26. The summed E-state index contributed by atoms with van der Waals surface area (Å²) in [6, 6.07) is 7.39. The molecule has 3 aliphatic rings. The number of alkyl halides is 1. The monoisotopic (exact) mass is 423 g/mol. The summed E-state index contributed by atoms with van der Waals surface area (Å²) < 4.78 is 13.4. The molecule has 5 rings (SSSR count). The fraction of sp³-hybridized carbons (Fsp3) is 0.542. The fourth-order valence-corrected chi connectivity index (χ4v) is 4.82. The highest BCUT2D eigenvalue weighted by molar-refractivity contribution is 5.91. The predicted octanol–water partition coefficient (Wildman–Crippen LogP) is 2.91. The Bertz CT molecular complexity index is 930. The van der Waals surface area contributed by atoms with Crippen LogP contribution in [0.15, 0.2) is 30.6 Å². The molecule has 2 fully saturated rings. The Morgan fingerprint density at radius 3 is 2.58 bits per heavy atom. The average Bonchev–Trinajstić information content (AvgIpc) is 3.09. The number of anilines is 1. The molecule has 0 bridgehead atoms. The second-order valence-electron chi connectivity index (χ2n) is 9.00. The van der Waals surface area contributed by atoms with E-state index in [1.807, 2.05) is 4.90 Å². The molecule has 1 aromatic heterocycles. The fourth-order valence-electron chi connectivity index (χ4n) is 4.82. The van der Waals surface area contributed by atoms with E-state index in [1.165, 1.54) is 36.6 Å². The molecule has 1 saturated heterocycles. The van der Waals surface area contributed by atoms with E-state index in [9.17, 15) is 9.18 Å². The molecule has 2 aromatic rings. The Morgan fingerprint density at radius 2 is 1.90 bits per heavy atom. The lowest BCUT2D eigenvalue weighted by atomic mass is 9.91. The highest BCUT2D eigenvalue weighted by atomic mass is 19.1. The van der Waals surface area contributed by atoms with E-state index in [1.54, 1.807) is 6.20 Å². The lowest BCUT2D eigenvalue weighted by Gasteiger charge is -2.36. The number of aromatic nitrogens is 2. The molecule has 0 spiro atoms. The summed E-state index contributed by atoms with van der Waals surface area (Å²) in [6.45, 7) is 3.74. The van der Waals surface area contributed by atoms with Crippen LogP contribution in [0.2, 0.25) is 0 Å². The predicted molar refractivity (Wildman–Crippen MR) is 118 cm³/mol. The van der Waals surface area contributed by atoms with Crippen molar-refractivity contribution in [3.05, 3.63) is 53.0 Å². The van der Waals surface area contributed by atoms with Crippen molar-refractivity contribution in [3.8, 4) is 0 Å². The second-order valence-corrected chi connectivity index (χ2v) is 9.00. The van der Waals surface area contributed by atoms with Gasteiger partial charge in [0.05, 0.1) is 18.9 Å². The van der Waals surface area contributed by atoms with Gasteiger partial charge in [-0.15, -0.1) is 0 Å². The van der Waals surface area contributed by atoms with Gasteiger partial charge in [-0.2, -0.15) is 0 Å². The molecular formula is C24H30FN5O. The standard InChI is InChI=1S/C24H30FN5O/c25-20-8-11-30(16-20)23-15-26-22(14-27-23)24(31)28-13-17-4-5-18-6-9-29(21-2-1-3-21)10-7-19(18)12-17/h4-5,12,14-15,20-21H,1-3,6-11,13,16H2,(H,28,31)/t20-/m1/s1. The van der Waals surface area contributed by atoms with Gasteiger partial charge in [-0.05, 0) is 48.8 Å². The van der Waals surface area contributed by atoms with E-state index >= 15 is 0 Å². The van der Waals surface area contributed by atoms with Gasteiger partial charge in [0.1, 0.15) is 17.7 Å². The van der Waals surface area contributed by atoms with Crippen molar-refractivity contribution >= 4 is 11.7 Å². The zero-order valence-electron chi connectivity index (χ0n) is 17.9. The number of halogens is 1. The molecule has 0 unspecified atom stereocenters. The van der Waals surface area contributed by atoms with Crippen molar-refractivity contribution in [1.82, 2.24) is 20.2 Å². The Labute approximate surface area is 182 Å². The second kappa shape index (κ2) is 8.91. The molecular weight excluding hydrogens is 393 g/mol. The summed E-state index contributed by atoms with van der Waals surface area (Å²) in [4.78, 5) is 25.6. The number of benzene rings is 1. The van der Waals surface area contributed by atoms with Crippen LogP contribution in [0.4, 0.5) is 10.2 Å². The molecule has 164 valence electrons. The third-order valence-corrected chi connectivity index (χ3v) is 6.98. The van der Waals surface area contributed by atoms with Crippen LogP contribution in [0.3, 0.4) is 0 Å². The first-order valence-corrected chi connectivity index (χ1v) is 11.5. The highest BCUT2D eigenvalue weighted by Crippen LogP contribution is 2.27.